The van der Waals surface area contributed by atoms with Crippen molar-refractivity contribution in [3.63, 3.8) is 0 Å². The highest BCUT2D eigenvalue weighted by Crippen LogP contribution is 2.33. The van der Waals surface area contributed by atoms with Crippen LogP contribution in [0, 0.1) is 0 Å². The normalized spacial score (nSPS) is 13.9. The van der Waals surface area contributed by atoms with Gasteiger partial charge in [-0.2, -0.15) is 5.10 Å². The highest BCUT2D eigenvalue weighted by Gasteiger charge is 2.32. The van der Waals surface area contributed by atoms with Gasteiger partial charge in [-0.15, -0.1) is 13.2 Å². The minimum atomic E-state index is -4.86. The van der Waals surface area contributed by atoms with Crippen LogP contribution in [0.5, 0.6) is 5.75 Å². The van der Waals surface area contributed by atoms with Crippen LogP contribution in [0.2, 0.25) is 0 Å². The molecule has 3 heterocycles. The summed E-state index contributed by atoms with van der Waals surface area (Å²) >= 11 is 3.18. The smallest absolute Gasteiger partial charge is 0.406 e. The first-order valence-electron chi connectivity index (χ1n) is 8.83. The average Bonchev–Trinajstić information content (AvgIpc) is 3.33. The number of hydrogen-bond donors (Lipinski definition) is 1. The van der Waals surface area contributed by atoms with Crippen molar-refractivity contribution in [3.05, 3.63) is 59.0 Å². The SMILES string of the molecule is O=C1CN(C(=O)c2cc(-c3cc(Br)cc(OC(F)(F)F)c3)n(-c3cccnc3)n2)CN1. The summed E-state index contributed by atoms with van der Waals surface area (Å²) in [6.07, 6.45) is -1.82. The van der Waals surface area contributed by atoms with Gasteiger partial charge in [0.2, 0.25) is 5.91 Å². The molecule has 1 aromatic carbocycles. The van der Waals surface area contributed by atoms with Crippen LogP contribution in [-0.4, -0.2) is 51.1 Å². The molecule has 0 spiro atoms. The van der Waals surface area contributed by atoms with Gasteiger partial charge in [0.05, 0.1) is 24.2 Å². The van der Waals surface area contributed by atoms with Crippen molar-refractivity contribution in [2.24, 2.45) is 0 Å². The summed E-state index contributed by atoms with van der Waals surface area (Å²) in [7, 11) is 0. The van der Waals surface area contributed by atoms with E-state index >= 15 is 0 Å². The van der Waals surface area contributed by atoms with Crippen molar-refractivity contribution >= 4 is 27.7 Å². The van der Waals surface area contributed by atoms with Gasteiger partial charge in [0.25, 0.3) is 5.91 Å². The van der Waals surface area contributed by atoms with E-state index in [0.717, 1.165) is 0 Å². The molecule has 12 heteroatoms. The molecule has 31 heavy (non-hydrogen) atoms. The summed E-state index contributed by atoms with van der Waals surface area (Å²) in [5.41, 5.74) is 1.17. The number of pyridine rings is 1. The van der Waals surface area contributed by atoms with Gasteiger partial charge < -0.3 is 15.0 Å². The van der Waals surface area contributed by atoms with Gasteiger partial charge in [-0.05, 0) is 36.4 Å². The van der Waals surface area contributed by atoms with Crippen molar-refractivity contribution in [3.8, 4) is 22.7 Å². The molecule has 2 amide bonds. The summed E-state index contributed by atoms with van der Waals surface area (Å²) in [5, 5.41) is 6.86. The fourth-order valence-electron chi connectivity index (χ4n) is 3.04. The zero-order valence-electron chi connectivity index (χ0n) is 15.6. The molecular weight excluding hydrogens is 483 g/mol. The second kappa shape index (κ2) is 8.02. The van der Waals surface area contributed by atoms with E-state index in [-0.39, 0.29) is 24.8 Å². The molecule has 0 radical (unpaired) electrons. The second-order valence-corrected chi connectivity index (χ2v) is 7.44. The Balaban J connectivity index is 1.80. The number of carbonyl (C=O) groups is 2. The van der Waals surface area contributed by atoms with E-state index in [1.807, 2.05) is 0 Å². The van der Waals surface area contributed by atoms with E-state index < -0.39 is 18.0 Å². The van der Waals surface area contributed by atoms with Crippen molar-refractivity contribution in [1.82, 2.24) is 25.0 Å². The first kappa shape index (κ1) is 20.8. The highest BCUT2D eigenvalue weighted by atomic mass is 79.9. The number of nitrogens with one attached hydrogen (secondary N) is 1. The highest BCUT2D eigenvalue weighted by molar-refractivity contribution is 9.10. The molecule has 1 aliphatic heterocycles. The molecule has 160 valence electrons. The largest absolute Gasteiger partial charge is 0.573 e. The van der Waals surface area contributed by atoms with Crippen LogP contribution < -0.4 is 10.1 Å². The molecule has 1 saturated heterocycles. The predicted molar refractivity (Wildman–Crippen MR) is 105 cm³/mol. The van der Waals surface area contributed by atoms with Gasteiger partial charge >= 0.3 is 6.36 Å². The molecule has 4 rings (SSSR count). The minimum absolute atomic E-state index is 0.0219. The Morgan fingerprint density at radius 1 is 1.23 bits per heavy atom. The summed E-state index contributed by atoms with van der Waals surface area (Å²) in [6.45, 7) is -0.0540. The fraction of sp³-hybridized carbons (Fsp3) is 0.158. The van der Waals surface area contributed by atoms with Crippen LogP contribution in [-0.2, 0) is 4.79 Å². The van der Waals surface area contributed by atoms with Gasteiger partial charge in [-0.25, -0.2) is 4.68 Å². The van der Waals surface area contributed by atoms with Gasteiger partial charge in [-0.1, -0.05) is 15.9 Å². The third-order valence-corrected chi connectivity index (χ3v) is 4.77. The quantitative estimate of drug-likeness (QED) is 0.600. The second-order valence-electron chi connectivity index (χ2n) is 6.52. The van der Waals surface area contributed by atoms with E-state index in [1.54, 1.807) is 24.4 Å². The maximum Gasteiger partial charge on any atom is 0.573 e. The number of alkyl halides is 3. The topological polar surface area (TPSA) is 89.4 Å². The molecule has 0 bridgehead atoms. The average molecular weight is 496 g/mol. The molecule has 0 atom stereocenters. The van der Waals surface area contributed by atoms with Crippen molar-refractivity contribution in [1.29, 1.82) is 0 Å². The maximum atomic E-state index is 12.8. The number of nitrogens with zero attached hydrogens (tertiary/aromatic N) is 4. The Labute approximate surface area is 181 Å². The van der Waals surface area contributed by atoms with Crippen molar-refractivity contribution < 1.29 is 27.5 Å². The predicted octanol–water partition coefficient (Wildman–Crippen LogP) is 3.12. The van der Waals surface area contributed by atoms with Crippen LogP contribution in [0.1, 0.15) is 10.5 Å². The molecule has 1 N–H and O–H groups in total. The van der Waals surface area contributed by atoms with Crippen LogP contribution in [0.4, 0.5) is 13.2 Å². The number of rotatable bonds is 4. The maximum absolute atomic E-state index is 12.8. The van der Waals surface area contributed by atoms with E-state index in [4.69, 9.17) is 0 Å². The molecule has 1 fully saturated rings. The minimum Gasteiger partial charge on any atom is -0.406 e. The summed E-state index contributed by atoms with van der Waals surface area (Å²) in [5.74, 6) is -1.22. The Bertz CT molecular complexity index is 1150. The lowest BCUT2D eigenvalue weighted by molar-refractivity contribution is -0.274. The number of carbonyl (C=O) groups excluding carboxylic acids is 2. The third kappa shape index (κ3) is 4.68. The number of benzene rings is 1. The third-order valence-electron chi connectivity index (χ3n) is 4.31. The molecular formula is C19H13BrF3N5O3. The van der Waals surface area contributed by atoms with Gasteiger partial charge in [0.1, 0.15) is 12.3 Å². The molecule has 0 unspecified atom stereocenters. The molecule has 3 aromatic rings. The van der Waals surface area contributed by atoms with E-state index in [0.29, 0.717) is 21.4 Å². The zero-order chi connectivity index (χ0) is 22.2. The van der Waals surface area contributed by atoms with Gasteiger partial charge in [0.15, 0.2) is 5.69 Å². The van der Waals surface area contributed by atoms with Crippen LogP contribution in [0.15, 0.2) is 53.3 Å². The van der Waals surface area contributed by atoms with E-state index in [1.165, 1.54) is 34.0 Å². The first-order chi connectivity index (χ1) is 14.7. The van der Waals surface area contributed by atoms with Crippen molar-refractivity contribution in [2.45, 2.75) is 6.36 Å². The van der Waals surface area contributed by atoms with Crippen LogP contribution in [0.25, 0.3) is 16.9 Å². The summed E-state index contributed by atoms with van der Waals surface area (Å²) in [6, 6.07) is 8.72. The monoisotopic (exact) mass is 495 g/mol. The van der Waals surface area contributed by atoms with Crippen molar-refractivity contribution in [2.75, 3.05) is 13.2 Å². The lowest BCUT2D eigenvalue weighted by Crippen LogP contribution is -2.30. The Morgan fingerprint density at radius 3 is 2.68 bits per heavy atom. The lowest BCUT2D eigenvalue weighted by Gasteiger charge is -2.12. The molecule has 2 aromatic heterocycles. The van der Waals surface area contributed by atoms with Crippen LogP contribution >= 0.6 is 15.9 Å². The van der Waals surface area contributed by atoms with Gasteiger partial charge in [-0.3, -0.25) is 14.6 Å². The molecule has 0 aliphatic carbocycles. The number of ether oxygens (including phenoxy) is 1. The number of hydrogen-bond acceptors (Lipinski definition) is 5. The fourth-order valence-corrected chi connectivity index (χ4v) is 3.52. The molecule has 1 aliphatic rings. The van der Waals surface area contributed by atoms with Gasteiger partial charge in [0, 0.05) is 16.2 Å². The lowest BCUT2D eigenvalue weighted by atomic mass is 10.1. The van der Waals surface area contributed by atoms with Crippen LogP contribution in [0.3, 0.4) is 0 Å². The number of amides is 2. The first-order valence-corrected chi connectivity index (χ1v) is 9.62. The Hall–Kier alpha value is -3.41. The standard InChI is InChI=1S/C19H13BrF3N5O3/c20-12-4-11(5-14(6-12)31-19(21,22)23)16-7-15(18(30)27-9-17(29)25-10-27)26-28(16)13-2-1-3-24-8-13/h1-8H,9-10H2,(H,25,29). The number of halogens is 4. The number of aromatic nitrogens is 3. The van der Waals surface area contributed by atoms with E-state index in [2.05, 4.69) is 36.1 Å². The van der Waals surface area contributed by atoms with E-state index in [9.17, 15) is 22.8 Å². The molecule has 0 saturated carbocycles. The Morgan fingerprint density at radius 2 is 2.03 bits per heavy atom. The zero-order valence-corrected chi connectivity index (χ0v) is 17.1. The molecule has 8 nitrogen and oxygen atoms in total. The summed E-state index contributed by atoms with van der Waals surface area (Å²) in [4.78, 5) is 29.6. The summed E-state index contributed by atoms with van der Waals surface area (Å²) < 4.78 is 43.9. The Kier molecular flexibility index (Phi) is 5.39.